The van der Waals surface area contributed by atoms with Crippen LogP contribution in [0.15, 0.2) is 23.1 Å². The van der Waals surface area contributed by atoms with Crippen molar-refractivity contribution < 1.29 is 17.7 Å². The number of hydrogen-bond acceptors (Lipinski definition) is 4. The van der Waals surface area contributed by atoms with Gasteiger partial charge in [-0.1, -0.05) is 22.6 Å². The summed E-state index contributed by atoms with van der Waals surface area (Å²) in [5.74, 6) is -1.06. The van der Waals surface area contributed by atoms with Crippen molar-refractivity contribution >= 4 is 38.3 Å². The first-order valence-electron chi connectivity index (χ1n) is 4.88. The first-order chi connectivity index (χ1) is 8.38. The van der Waals surface area contributed by atoms with Gasteiger partial charge in [0.05, 0.1) is 9.82 Å². The van der Waals surface area contributed by atoms with Crippen LogP contribution in [0, 0.1) is 15.9 Å². The van der Waals surface area contributed by atoms with E-state index < -0.39 is 26.5 Å². The number of nitrogens with one attached hydrogen (secondary N) is 1. The zero-order valence-corrected chi connectivity index (χ0v) is 12.1. The van der Waals surface area contributed by atoms with Gasteiger partial charge in [0.1, 0.15) is 0 Å². The molecule has 0 aliphatic rings. The molecule has 0 saturated heterocycles. The highest BCUT2D eigenvalue weighted by molar-refractivity contribution is 14.1. The van der Waals surface area contributed by atoms with Gasteiger partial charge in [0, 0.05) is 17.0 Å². The summed E-state index contributed by atoms with van der Waals surface area (Å²) in [5, 5.41) is 10.5. The predicted molar refractivity (Wildman–Crippen MR) is 71.7 cm³/mol. The van der Waals surface area contributed by atoms with Crippen molar-refractivity contribution in [3.8, 4) is 0 Å². The van der Waals surface area contributed by atoms with Crippen LogP contribution in [0.5, 0.6) is 0 Å². The molecule has 1 aromatic rings. The maximum Gasteiger partial charge on any atom is 0.306 e. The zero-order chi connectivity index (χ0) is 13.8. The highest BCUT2D eigenvalue weighted by atomic mass is 127. The molecule has 0 unspecified atom stereocenters. The van der Waals surface area contributed by atoms with E-state index in [4.69, 9.17) is 0 Å². The van der Waals surface area contributed by atoms with Gasteiger partial charge in [0.25, 0.3) is 0 Å². The Bertz CT molecular complexity index is 549. The fraction of sp³-hybridized carbons (Fsp3) is 0.333. The van der Waals surface area contributed by atoms with Crippen LogP contribution in [0.2, 0.25) is 0 Å². The van der Waals surface area contributed by atoms with Gasteiger partial charge in [0.2, 0.25) is 15.8 Å². The zero-order valence-electron chi connectivity index (χ0n) is 9.10. The van der Waals surface area contributed by atoms with Crippen LogP contribution in [0.4, 0.5) is 10.1 Å². The topological polar surface area (TPSA) is 89.3 Å². The van der Waals surface area contributed by atoms with Crippen LogP contribution in [0.3, 0.4) is 0 Å². The summed E-state index contributed by atoms with van der Waals surface area (Å²) >= 11 is 2.10. The highest BCUT2D eigenvalue weighted by Gasteiger charge is 2.20. The van der Waals surface area contributed by atoms with Gasteiger partial charge >= 0.3 is 5.69 Å². The Morgan fingerprint density at radius 1 is 1.44 bits per heavy atom. The molecule has 0 radical (unpaired) electrons. The lowest BCUT2D eigenvalue weighted by Crippen LogP contribution is -2.25. The monoisotopic (exact) mass is 388 g/mol. The maximum absolute atomic E-state index is 13.1. The Hall–Kier alpha value is -0.810. The Morgan fingerprint density at radius 2 is 2.11 bits per heavy atom. The number of sulfonamides is 1. The van der Waals surface area contributed by atoms with E-state index in [9.17, 15) is 22.9 Å². The lowest BCUT2D eigenvalue weighted by Gasteiger charge is -2.05. The third-order valence-corrected chi connectivity index (χ3v) is 4.25. The number of halogens is 2. The summed E-state index contributed by atoms with van der Waals surface area (Å²) < 4.78 is 39.6. The fourth-order valence-electron chi connectivity index (χ4n) is 1.16. The molecule has 6 nitrogen and oxygen atoms in total. The summed E-state index contributed by atoms with van der Waals surface area (Å²) in [6, 6.07) is 2.47. The van der Waals surface area contributed by atoms with Gasteiger partial charge in [-0.05, 0) is 18.6 Å². The standard InChI is InChI=1S/C9H10FIN2O4S/c10-8-3-2-7(6-9(8)13(14)15)18(16,17)12-5-1-4-11/h2-3,6,12H,1,4-5H2. The molecule has 0 aliphatic heterocycles. The van der Waals surface area contributed by atoms with E-state index in [0.29, 0.717) is 12.5 Å². The minimum Gasteiger partial charge on any atom is -0.258 e. The maximum atomic E-state index is 13.1. The summed E-state index contributed by atoms with van der Waals surface area (Å²) in [5.41, 5.74) is -0.855. The van der Waals surface area contributed by atoms with Gasteiger partial charge in [-0.2, -0.15) is 4.39 Å². The van der Waals surface area contributed by atoms with Crippen LogP contribution in [-0.4, -0.2) is 24.3 Å². The minimum absolute atomic E-state index is 0.233. The molecule has 0 spiro atoms. The van der Waals surface area contributed by atoms with E-state index in [1.165, 1.54) is 0 Å². The molecule has 100 valence electrons. The Labute approximate surface area is 117 Å². The number of nitrogens with zero attached hydrogens (tertiary/aromatic N) is 1. The molecule has 0 atom stereocenters. The van der Waals surface area contributed by atoms with Crippen molar-refractivity contribution in [3.63, 3.8) is 0 Å². The first kappa shape index (κ1) is 15.2. The molecule has 0 amide bonds. The van der Waals surface area contributed by atoms with Crippen molar-refractivity contribution in [2.24, 2.45) is 0 Å². The van der Waals surface area contributed by atoms with Crippen LogP contribution >= 0.6 is 22.6 Å². The quantitative estimate of drug-likeness (QED) is 0.265. The predicted octanol–water partition coefficient (Wildman–Crippen LogP) is 1.84. The van der Waals surface area contributed by atoms with Crippen molar-refractivity contribution in [1.29, 1.82) is 0 Å². The molecule has 1 N–H and O–H groups in total. The summed E-state index contributed by atoms with van der Waals surface area (Å²) in [7, 11) is -3.83. The number of nitro benzene ring substituents is 1. The van der Waals surface area contributed by atoms with Crippen LogP contribution in [0.25, 0.3) is 0 Å². The molecule has 0 heterocycles. The largest absolute Gasteiger partial charge is 0.306 e. The van der Waals surface area contributed by atoms with E-state index in [0.717, 1.165) is 16.6 Å². The van der Waals surface area contributed by atoms with E-state index in [2.05, 4.69) is 27.3 Å². The molecule has 0 aliphatic carbocycles. The molecule has 0 aromatic heterocycles. The number of nitro groups is 1. The lowest BCUT2D eigenvalue weighted by molar-refractivity contribution is -0.387. The second-order valence-electron chi connectivity index (χ2n) is 3.31. The second kappa shape index (κ2) is 6.38. The summed E-state index contributed by atoms with van der Waals surface area (Å²) in [6.45, 7) is 0.233. The molecule has 9 heteroatoms. The molecule has 1 aromatic carbocycles. The molecular formula is C9H10FIN2O4S. The van der Waals surface area contributed by atoms with Gasteiger partial charge in [-0.15, -0.1) is 0 Å². The Kier molecular flexibility index (Phi) is 5.41. The van der Waals surface area contributed by atoms with Crippen molar-refractivity contribution in [1.82, 2.24) is 4.72 Å². The molecule has 1 rings (SSSR count). The smallest absolute Gasteiger partial charge is 0.258 e. The molecule has 18 heavy (non-hydrogen) atoms. The molecule has 0 fully saturated rings. The van der Waals surface area contributed by atoms with Crippen molar-refractivity contribution in [2.45, 2.75) is 11.3 Å². The van der Waals surface area contributed by atoms with Crippen molar-refractivity contribution in [3.05, 3.63) is 34.1 Å². The third kappa shape index (κ3) is 3.85. The normalized spacial score (nSPS) is 11.4. The van der Waals surface area contributed by atoms with E-state index in [1.807, 2.05) is 0 Å². The highest BCUT2D eigenvalue weighted by Crippen LogP contribution is 2.21. The van der Waals surface area contributed by atoms with E-state index in [1.54, 1.807) is 0 Å². The van der Waals surface area contributed by atoms with E-state index >= 15 is 0 Å². The third-order valence-electron chi connectivity index (χ3n) is 2.03. The first-order valence-corrected chi connectivity index (χ1v) is 7.89. The number of benzene rings is 1. The summed E-state index contributed by atoms with van der Waals surface area (Å²) in [4.78, 5) is 9.24. The summed E-state index contributed by atoms with van der Waals surface area (Å²) in [6.07, 6.45) is 0.642. The number of rotatable bonds is 6. The van der Waals surface area contributed by atoms with E-state index in [-0.39, 0.29) is 11.4 Å². The average Bonchev–Trinajstić information content (AvgIpc) is 2.29. The molecule has 0 bridgehead atoms. The molecular weight excluding hydrogens is 378 g/mol. The van der Waals surface area contributed by atoms with Crippen molar-refractivity contribution in [2.75, 3.05) is 11.0 Å². The lowest BCUT2D eigenvalue weighted by atomic mass is 10.3. The Balaban J connectivity index is 3.02. The fourth-order valence-corrected chi connectivity index (χ4v) is 2.63. The average molecular weight is 388 g/mol. The number of alkyl halides is 1. The minimum atomic E-state index is -3.83. The SMILES string of the molecule is O=[N+]([O-])c1cc(S(=O)(=O)NCCCI)ccc1F. The van der Waals surface area contributed by atoms with Crippen LogP contribution < -0.4 is 4.72 Å². The molecule has 0 saturated carbocycles. The van der Waals surface area contributed by atoms with Gasteiger partial charge in [-0.3, -0.25) is 10.1 Å². The van der Waals surface area contributed by atoms with Crippen LogP contribution in [-0.2, 0) is 10.0 Å². The van der Waals surface area contributed by atoms with Crippen LogP contribution in [0.1, 0.15) is 6.42 Å². The van der Waals surface area contributed by atoms with Gasteiger partial charge < -0.3 is 0 Å². The van der Waals surface area contributed by atoms with Gasteiger partial charge in [-0.25, -0.2) is 13.1 Å². The number of hydrogen-bond donors (Lipinski definition) is 1. The van der Waals surface area contributed by atoms with Gasteiger partial charge in [0.15, 0.2) is 0 Å². The Morgan fingerprint density at radius 3 is 2.67 bits per heavy atom. The second-order valence-corrected chi connectivity index (χ2v) is 6.16.